The number of carbonyl (C=O) groups is 1. The van der Waals surface area contributed by atoms with Crippen molar-refractivity contribution in [2.75, 3.05) is 17.2 Å². The molecule has 28 heavy (non-hydrogen) atoms. The number of para-hydroxylation sites is 1. The van der Waals surface area contributed by atoms with Crippen molar-refractivity contribution in [3.63, 3.8) is 0 Å². The zero-order valence-electron chi connectivity index (χ0n) is 15.6. The van der Waals surface area contributed by atoms with Crippen molar-refractivity contribution >= 4 is 46.6 Å². The molecule has 0 saturated carbocycles. The van der Waals surface area contributed by atoms with Gasteiger partial charge in [-0.1, -0.05) is 53.2 Å². The van der Waals surface area contributed by atoms with Crippen molar-refractivity contribution in [3.05, 3.63) is 58.6 Å². The SMILES string of the molecule is CCN(C(=O)CSc1nnc(-c2ccc(Cl)cc2Cl)n1CC)c1ccccc1. The number of aromatic nitrogens is 3. The quantitative estimate of drug-likeness (QED) is 0.465. The maximum absolute atomic E-state index is 12.7. The topological polar surface area (TPSA) is 51.0 Å². The van der Waals surface area contributed by atoms with E-state index in [-0.39, 0.29) is 11.7 Å². The van der Waals surface area contributed by atoms with Gasteiger partial charge in [0.2, 0.25) is 5.91 Å². The molecule has 5 nitrogen and oxygen atoms in total. The minimum absolute atomic E-state index is 0.0235. The molecule has 0 unspecified atom stereocenters. The highest BCUT2D eigenvalue weighted by atomic mass is 35.5. The third kappa shape index (κ3) is 4.51. The van der Waals surface area contributed by atoms with Crippen LogP contribution in [0, 0.1) is 0 Å². The molecule has 0 aliphatic rings. The van der Waals surface area contributed by atoms with Crippen molar-refractivity contribution in [1.82, 2.24) is 14.8 Å². The van der Waals surface area contributed by atoms with Gasteiger partial charge in [0.25, 0.3) is 0 Å². The number of amides is 1. The zero-order valence-corrected chi connectivity index (χ0v) is 17.9. The fourth-order valence-electron chi connectivity index (χ4n) is 2.87. The maximum Gasteiger partial charge on any atom is 0.237 e. The largest absolute Gasteiger partial charge is 0.312 e. The molecule has 2 aromatic carbocycles. The van der Waals surface area contributed by atoms with Crippen molar-refractivity contribution < 1.29 is 4.79 Å². The number of anilines is 1. The van der Waals surface area contributed by atoms with E-state index in [9.17, 15) is 4.79 Å². The highest BCUT2D eigenvalue weighted by molar-refractivity contribution is 7.99. The number of benzene rings is 2. The fraction of sp³-hybridized carbons (Fsp3) is 0.250. The van der Waals surface area contributed by atoms with Crippen LogP contribution in [-0.4, -0.2) is 33.0 Å². The Bertz CT molecular complexity index is 962. The van der Waals surface area contributed by atoms with Crippen LogP contribution in [-0.2, 0) is 11.3 Å². The van der Waals surface area contributed by atoms with Crippen LogP contribution in [0.1, 0.15) is 13.8 Å². The molecule has 0 radical (unpaired) electrons. The molecule has 0 spiro atoms. The van der Waals surface area contributed by atoms with Gasteiger partial charge in [-0.05, 0) is 44.2 Å². The van der Waals surface area contributed by atoms with Crippen LogP contribution in [0.2, 0.25) is 10.0 Å². The first-order chi connectivity index (χ1) is 13.5. The number of carbonyl (C=O) groups excluding carboxylic acids is 1. The molecule has 1 heterocycles. The molecule has 0 N–H and O–H groups in total. The number of hydrogen-bond acceptors (Lipinski definition) is 4. The van der Waals surface area contributed by atoms with Gasteiger partial charge in [0.15, 0.2) is 11.0 Å². The van der Waals surface area contributed by atoms with E-state index in [0.29, 0.717) is 34.1 Å². The molecule has 3 rings (SSSR count). The summed E-state index contributed by atoms with van der Waals surface area (Å²) in [5.41, 5.74) is 1.65. The average Bonchev–Trinajstić information content (AvgIpc) is 3.10. The molecule has 0 bridgehead atoms. The number of thioether (sulfide) groups is 1. The molecular weight excluding hydrogens is 415 g/mol. The van der Waals surface area contributed by atoms with Crippen LogP contribution >= 0.6 is 35.0 Å². The molecule has 1 aromatic heterocycles. The predicted octanol–water partition coefficient (Wildman–Crippen LogP) is 5.42. The van der Waals surface area contributed by atoms with E-state index in [1.807, 2.05) is 54.8 Å². The molecule has 0 aliphatic heterocycles. The normalized spacial score (nSPS) is 10.9. The predicted molar refractivity (Wildman–Crippen MR) is 116 cm³/mol. The molecule has 0 atom stereocenters. The minimum Gasteiger partial charge on any atom is -0.312 e. The first-order valence-electron chi connectivity index (χ1n) is 8.92. The Hall–Kier alpha value is -2.02. The van der Waals surface area contributed by atoms with E-state index in [2.05, 4.69) is 10.2 Å². The third-order valence-corrected chi connectivity index (χ3v) is 5.71. The zero-order chi connectivity index (χ0) is 20.1. The Morgan fingerprint density at radius 2 is 1.86 bits per heavy atom. The van der Waals surface area contributed by atoms with E-state index in [1.165, 1.54) is 11.8 Å². The Balaban J connectivity index is 1.78. The Morgan fingerprint density at radius 1 is 1.11 bits per heavy atom. The number of nitrogens with zero attached hydrogens (tertiary/aromatic N) is 4. The molecular formula is C20H20Cl2N4OS. The fourth-order valence-corrected chi connectivity index (χ4v) is 4.24. The molecule has 0 saturated heterocycles. The number of rotatable bonds is 7. The van der Waals surface area contributed by atoms with Gasteiger partial charge in [-0.25, -0.2) is 0 Å². The molecule has 3 aromatic rings. The summed E-state index contributed by atoms with van der Waals surface area (Å²) in [6, 6.07) is 14.9. The first-order valence-corrected chi connectivity index (χ1v) is 10.7. The van der Waals surface area contributed by atoms with Gasteiger partial charge in [-0.15, -0.1) is 10.2 Å². The lowest BCUT2D eigenvalue weighted by atomic mass is 10.2. The van der Waals surface area contributed by atoms with Crippen LogP contribution in [0.5, 0.6) is 0 Å². The van der Waals surface area contributed by atoms with E-state index < -0.39 is 0 Å². The molecule has 1 amide bonds. The van der Waals surface area contributed by atoms with Gasteiger partial charge in [0.1, 0.15) is 0 Å². The van der Waals surface area contributed by atoms with Crippen molar-refractivity contribution in [3.8, 4) is 11.4 Å². The van der Waals surface area contributed by atoms with Crippen molar-refractivity contribution in [1.29, 1.82) is 0 Å². The van der Waals surface area contributed by atoms with Crippen LogP contribution < -0.4 is 4.90 Å². The highest BCUT2D eigenvalue weighted by Crippen LogP contribution is 2.31. The van der Waals surface area contributed by atoms with Crippen LogP contribution in [0.3, 0.4) is 0 Å². The van der Waals surface area contributed by atoms with Gasteiger partial charge in [-0.3, -0.25) is 4.79 Å². The second-order valence-electron chi connectivity index (χ2n) is 5.94. The standard InChI is InChI=1S/C20H20Cl2N4OS/c1-3-25(15-8-6-5-7-9-15)18(27)13-28-20-24-23-19(26(20)4-2)16-11-10-14(21)12-17(16)22/h5-12H,3-4,13H2,1-2H3. The second kappa shape index (κ2) is 9.45. The minimum atomic E-state index is 0.0235. The molecule has 0 fully saturated rings. The average molecular weight is 435 g/mol. The van der Waals surface area contributed by atoms with Gasteiger partial charge in [0.05, 0.1) is 10.8 Å². The smallest absolute Gasteiger partial charge is 0.237 e. The number of hydrogen-bond donors (Lipinski definition) is 0. The summed E-state index contributed by atoms with van der Waals surface area (Å²) in [6.07, 6.45) is 0. The summed E-state index contributed by atoms with van der Waals surface area (Å²) in [5.74, 6) is 0.958. The maximum atomic E-state index is 12.7. The van der Waals surface area contributed by atoms with E-state index >= 15 is 0 Å². The summed E-state index contributed by atoms with van der Waals surface area (Å²) < 4.78 is 1.95. The summed E-state index contributed by atoms with van der Waals surface area (Å²) in [4.78, 5) is 14.5. The monoisotopic (exact) mass is 434 g/mol. The molecule has 0 aliphatic carbocycles. The number of halogens is 2. The van der Waals surface area contributed by atoms with E-state index in [1.54, 1.807) is 17.0 Å². The van der Waals surface area contributed by atoms with E-state index in [0.717, 1.165) is 11.3 Å². The lowest BCUT2D eigenvalue weighted by molar-refractivity contribution is -0.116. The Morgan fingerprint density at radius 3 is 2.50 bits per heavy atom. The van der Waals surface area contributed by atoms with Crippen LogP contribution in [0.15, 0.2) is 53.7 Å². The van der Waals surface area contributed by atoms with Crippen molar-refractivity contribution in [2.45, 2.75) is 25.5 Å². The van der Waals surface area contributed by atoms with Gasteiger partial charge in [-0.2, -0.15) is 0 Å². The summed E-state index contributed by atoms with van der Waals surface area (Å²) in [7, 11) is 0. The highest BCUT2D eigenvalue weighted by Gasteiger charge is 2.19. The Labute approximate surface area is 178 Å². The van der Waals surface area contributed by atoms with Crippen LogP contribution in [0.25, 0.3) is 11.4 Å². The first kappa shape index (κ1) is 20.7. The van der Waals surface area contributed by atoms with Gasteiger partial charge < -0.3 is 9.47 Å². The summed E-state index contributed by atoms with van der Waals surface area (Å²) >= 11 is 13.7. The van der Waals surface area contributed by atoms with Crippen molar-refractivity contribution in [2.24, 2.45) is 0 Å². The van der Waals surface area contributed by atoms with E-state index in [4.69, 9.17) is 23.2 Å². The Kier molecular flexibility index (Phi) is 6.99. The van der Waals surface area contributed by atoms with Gasteiger partial charge >= 0.3 is 0 Å². The summed E-state index contributed by atoms with van der Waals surface area (Å²) in [5, 5.41) is 10.3. The summed E-state index contributed by atoms with van der Waals surface area (Å²) in [6.45, 7) is 5.24. The van der Waals surface area contributed by atoms with Gasteiger partial charge in [0, 0.05) is 29.4 Å². The third-order valence-electron chi connectivity index (χ3n) is 4.21. The van der Waals surface area contributed by atoms with Crippen LogP contribution in [0.4, 0.5) is 5.69 Å². The lowest BCUT2D eigenvalue weighted by Gasteiger charge is -2.20. The second-order valence-corrected chi connectivity index (χ2v) is 7.72. The lowest BCUT2D eigenvalue weighted by Crippen LogP contribution is -2.32. The molecule has 8 heteroatoms. The molecule has 146 valence electrons.